The van der Waals surface area contributed by atoms with E-state index >= 15 is 0 Å². The third-order valence-electron chi connectivity index (χ3n) is 2.84. The Morgan fingerprint density at radius 1 is 1.11 bits per heavy atom. The van der Waals surface area contributed by atoms with Crippen LogP contribution in [-0.2, 0) is 6.54 Å². The fraction of sp³-hybridized carbons (Fsp3) is 0.200. The molecule has 0 aromatic heterocycles. The lowest BCUT2D eigenvalue weighted by atomic mass is 10.1. The highest BCUT2D eigenvalue weighted by Crippen LogP contribution is 2.24. The Hall–Kier alpha value is -0.990. The molecule has 1 N–H and O–H groups in total. The average molecular weight is 325 g/mol. The number of hydrogen-bond acceptors (Lipinski definition) is 1. The molecular weight excluding hydrogens is 310 g/mol. The van der Waals surface area contributed by atoms with Gasteiger partial charge in [-0.15, -0.1) is 0 Å². The van der Waals surface area contributed by atoms with E-state index in [9.17, 15) is 0 Å². The van der Waals surface area contributed by atoms with Gasteiger partial charge in [-0.05, 0) is 48.7 Å². The number of aryl methyl sites for hydroxylation is 2. The topological polar surface area (TPSA) is 12.0 Å². The largest absolute Gasteiger partial charge is 0.380 e. The molecule has 2 rings (SSSR count). The molecule has 0 radical (unpaired) electrons. The quantitative estimate of drug-likeness (QED) is 0.804. The first-order valence-electron chi connectivity index (χ1n) is 5.81. The third-order valence-corrected chi connectivity index (χ3v) is 4.01. The zero-order valence-corrected chi connectivity index (χ0v) is 12.8. The molecule has 94 valence electrons. The first-order valence-corrected chi connectivity index (χ1v) is 6.98. The zero-order chi connectivity index (χ0) is 13.1. The van der Waals surface area contributed by atoms with Crippen molar-refractivity contribution in [2.75, 3.05) is 5.32 Å². The van der Waals surface area contributed by atoms with E-state index in [1.54, 1.807) is 0 Å². The minimum Gasteiger partial charge on any atom is -0.380 e. The predicted octanol–water partition coefficient (Wildman–Crippen LogP) is 5.33. The molecule has 0 aliphatic carbocycles. The van der Waals surface area contributed by atoms with E-state index in [1.807, 2.05) is 19.1 Å². The molecule has 0 amide bonds. The summed E-state index contributed by atoms with van der Waals surface area (Å²) in [5.41, 5.74) is 4.61. The standard InChI is InChI=1S/C15H15BrClN/c1-10-3-6-15(14(17)7-10)18-9-12-5-4-11(2)13(16)8-12/h3-8,18H,9H2,1-2H3. The summed E-state index contributed by atoms with van der Waals surface area (Å²) < 4.78 is 1.14. The van der Waals surface area contributed by atoms with Gasteiger partial charge in [-0.25, -0.2) is 0 Å². The van der Waals surface area contributed by atoms with Crippen molar-refractivity contribution in [1.29, 1.82) is 0 Å². The van der Waals surface area contributed by atoms with E-state index in [1.165, 1.54) is 16.7 Å². The van der Waals surface area contributed by atoms with Gasteiger partial charge in [0, 0.05) is 11.0 Å². The van der Waals surface area contributed by atoms with Crippen LogP contribution in [0.4, 0.5) is 5.69 Å². The van der Waals surface area contributed by atoms with E-state index in [0.717, 1.165) is 21.7 Å². The van der Waals surface area contributed by atoms with Crippen LogP contribution >= 0.6 is 27.5 Å². The molecule has 0 bridgehead atoms. The van der Waals surface area contributed by atoms with Crippen molar-refractivity contribution >= 4 is 33.2 Å². The summed E-state index contributed by atoms with van der Waals surface area (Å²) in [7, 11) is 0. The minimum absolute atomic E-state index is 0.765. The molecule has 0 aliphatic heterocycles. The van der Waals surface area contributed by atoms with Crippen molar-refractivity contribution in [3.8, 4) is 0 Å². The van der Waals surface area contributed by atoms with E-state index in [4.69, 9.17) is 11.6 Å². The fourth-order valence-electron chi connectivity index (χ4n) is 1.71. The maximum atomic E-state index is 6.18. The van der Waals surface area contributed by atoms with Crippen molar-refractivity contribution in [3.05, 3.63) is 62.6 Å². The molecule has 0 fully saturated rings. The lowest BCUT2D eigenvalue weighted by Crippen LogP contribution is -2.00. The van der Waals surface area contributed by atoms with Crippen LogP contribution in [0.1, 0.15) is 16.7 Å². The number of benzene rings is 2. The minimum atomic E-state index is 0.765. The first kappa shape index (κ1) is 13.4. The van der Waals surface area contributed by atoms with Crippen LogP contribution in [0.15, 0.2) is 40.9 Å². The lowest BCUT2D eigenvalue weighted by Gasteiger charge is -2.10. The van der Waals surface area contributed by atoms with Crippen LogP contribution in [0.3, 0.4) is 0 Å². The van der Waals surface area contributed by atoms with Gasteiger partial charge in [0.25, 0.3) is 0 Å². The van der Waals surface area contributed by atoms with Crippen LogP contribution in [0.2, 0.25) is 5.02 Å². The monoisotopic (exact) mass is 323 g/mol. The summed E-state index contributed by atoms with van der Waals surface area (Å²) in [6, 6.07) is 12.4. The van der Waals surface area contributed by atoms with Gasteiger partial charge in [0.15, 0.2) is 0 Å². The summed E-state index contributed by atoms with van der Waals surface area (Å²) in [6.45, 7) is 4.88. The Morgan fingerprint density at radius 2 is 1.89 bits per heavy atom. The smallest absolute Gasteiger partial charge is 0.0640 e. The van der Waals surface area contributed by atoms with E-state index in [0.29, 0.717) is 0 Å². The fourth-order valence-corrected chi connectivity index (χ4v) is 2.44. The zero-order valence-electron chi connectivity index (χ0n) is 10.4. The third kappa shape index (κ3) is 3.27. The Balaban J connectivity index is 2.09. The second-order valence-corrected chi connectivity index (χ2v) is 5.68. The van der Waals surface area contributed by atoms with E-state index < -0.39 is 0 Å². The van der Waals surface area contributed by atoms with Crippen molar-refractivity contribution in [2.24, 2.45) is 0 Å². The van der Waals surface area contributed by atoms with Gasteiger partial charge >= 0.3 is 0 Å². The molecule has 2 aromatic rings. The highest BCUT2D eigenvalue weighted by molar-refractivity contribution is 9.10. The van der Waals surface area contributed by atoms with Gasteiger partial charge in [-0.2, -0.15) is 0 Å². The van der Waals surface area contributed by atoms with E-state index in [-0.39, 0.29) is 0 Å². The molecule has 0 spiro atoms. The van der Waals surface area contributed by atoms with Crippen LogP contribution < -0.4 is 5.32 Å². The number of anilines is 1. The Labute approximate surface area is 121 Å². The normalized spacial score (nSPS) is 10.4. The number of hydrogen-bond donors (Lipinski definition) is 1. The van der Waals surface area contributed by atoms with E-state index in [2.05, 4.69) is 52.4 Å². The number of rotatable bonds is 3. The molecule has 3 heteroatoms. The second kappa shape index (κ2) is 5.77. The Kier molecular flexibility index (Phi) is 4.31. The summed E-state index contributed by atoms with van der Waals surface area (Å²) in [5.74, 6) is 0. The molecule has 1 nitrogen and oxygen atoms in total. The van der Waals surface area contributed by atoms with Gasteiger partial charge in [0.2, 0.25) is 0 Å². The number of nitrogens with one attached hydrogen (secondary N) is 1. The Bertz CT molecular complexity index is 566. The first-order chi connectivity index (χ1) is 8.56. The summed E-state index contributed by atoms with van der Waals surface area (Å²) in [6.07, 6.45) is 0. The average Bonchev–Trinajstić information content (AvgIpc) is 2.32. The van der Waals surface area contributed by atoms with Gasteiger partial charge in [-0.3, -0.25) is 0 Å². The highest BCUT2D eigenvalue weighted by atomic mass is 79.9. The van der Waals surface area contributed by atoms with Crippen LogP contribution in [0, 0.1) is 13.8 Å². The lowest BCUT2D eigenvalue weighted by molar-refractivity contribution is 1.14. The summed E-state index contributed by atoms with van der Waals surface area (Å²) in [5, 5.41) is 4.12. The van der Waals surface area contributed by atoms with Crippen molar-refractivity contribution < 1.29 is 0 Å². The van der Waals surface area contributed by atoms with Gasteiger partial charge < -0.3 is 5.32 Å². The van der Waals surface area contributed by atoms with Gasteiger partial charge in [0.1, 0.15) is 0 Å². The number of halogens is 2. The molecule has 0 atom stereocenters. The summed E-state index contributed by atoms with van der Waals surface area (Å²) >= 11 is 9.72. The molecule has 18 heavy (non-hydrogen) atoms. The molecular formula is C15H15BrClN. The van der Waals surface area contributed by atoms with Crippen LogP contribution in [-0.4, -0.2) is 0 Å². The maximum Gasteiger partial charge on any atom is 0.0640 e. The van der Waals surface area contributed by atoms with Gasteiger partial charge in [0.05, 0.1) is 10.7 Å². The Morgan fingerprint density at radius 3 is 2.56 bits per heavy atom. The maximum absolute atomic E-state index is 6.18. The SMILES string of the molecule is Cc1ccc(NCc2ccc(C)c(Br)c2)c(Cl)c1. The molecule has 0 saturated heterocycles. The molecule has 0 aliphatic rings. The molecule has 2 aromatic carbocycles. The second-order valence-electron chi connectivity index (χ2n) is 4.42. The molecule has 0 unspecified atom stereocenters. The van der Waals surface area contributed by atoms with Crippen molar-refractivity contribution in [3.63, 3.8) is 0 Å². The predicted molar refractivity (Wildman–Crippen MR) is 82.4 cm³/mol. The summed E-state index contributed by atoms with van der Waals surface area (Å²) in [4.78, 5) is 0. The molecule has 0 saturated carbocycles. The van der Waals surface area contributed by atoms with Crippen LogP contribution in [0.5, 0.6) is 0 Å². The van der Waals surface area contributed by atoms with Gasteiger partial charge in [-0.1, -0.05) is 45.7 Å². The highest BCUT2D eigenvalue weighted by Gasteiger charge is 2.01. The van der Waals surface area contributed by atoms with Crippen molar-refractivity contribution in [2.45, 2.75) is 20.4 Å². The van der Waals surface area contributed by atoms with Crippen LogP contribution in [0.25, 0.3) is 0 Å². The van der Waals surface area contributed by atoms with Crippen molar-refractivity contribution in [1.82, 2.24) is 0 Å². The molecule has 0 heterocycles.